The summed E-state index contributed by atoms with van der Waals surface area (Å²) < 4.78 is 4.70. The van der Waals surface area contributed by atoms with E-state index in [1.54, 1.807) is 6.26 Å². The average Bonchev–Trinajstić information content (AvgIpc) is 2.33. The second kappa shape index (κ2) is 2.64. The largest absolute Gasteiger partial charge is 0.364 e. The van der Waals surface area contributed by atoms with Crippen LogP contribution >= 0.6 is 0 Å². The minimum absolute atomic E-state index is 0.521. The van der Waals surface area contributed by atoms with E-state index < -0.39 is 0 Å². The zero-order chi connectivity index (χ0) is 6.69. The monoisotopic (exact) mass is 126 g/mol. The van der Waals surface area contributed by atoms with E-state index in [0.717, 1.165) is 17.7 Å². The molecule has 0 saturated heterocycles. The Hall–Kier alpha value is -0.830. The average molecular weight is 126 g/mol. The first-order valence-corrected chi connectivity index (χ1v) is 3.00. The summed E-state index contributed by atoms with van der Waals surface area (Å²) in [6.45, 7) is 2.55. The van der Waals surface area contributed by atoms with Gasteiger partial charge < -0.3 is 10.3 Å². The Labute approximate surface area is 53.8 Å². The van der Waals surface area contributed by atoms with E-state index in [2.05, 4.69) is 5.16 Å². The van der Waals surface area contributed by atoms with Crippen LogP contribution in [0.15, 0.2) is 10.8 Å². The van der Waals surface area contributed by atoms with Crippen molar-refractivity contribution < 1.29 is 4.52 Å². The summed E-state index contributed by atoms with van der Waals surface area (Å²) >= 11 is 0. The number of aryl methyl sites for hydroxylation is 1. The van der Waals surface area contributed by atoms with Gasteiger partial charge in [0, 0.05) is 12.1 Å². The molecule has 0 aliphatic carbocycles. The summed E-state index contributed by atoms with van der Waals surface area (Å²) in [5.41, 5.74) is 7.35. The van der Waals surface area contributed by atoms with Crippen molar-refractivity contribution in [1.29, 1.82) is 0 Å². The van der Waals surface area contributed by atoms with Gasteiger partial charge in [-0.25, -0.2) is 0 Å². The summed E-state index contributed by atoms with van der Waals surface area (Å²) in [6.07, 6.45) is 2.49. The summed E-state index contributed by atoms with van der Waals surface area (Å²) in [6, 6.07) is 0. The highest BCUT2D eigenvalue weighted by Gasteiger charge is 2.00. The van der Waals surface area contributed by atoms with Crippen LogP contribution in [0, 0.1) is 0 Å². The predicted octanol–water partition coefficient (Wildman–Crippen LogP) is 0.696. The lowest BCUT2D eigenvalue weighted by Gasteiger charge is -1.88. The van der Waals surface area contributed by atoms with E-state index >= 15 is 0 Å². The molecule has 50 valence electrons. The Balaban J connectivity index is 2.85. The second-order valence-electron chi connectivity index (χ2n) is 1.84. The third kappa shape index (κ3) is 1.10. The minimum Gasteiger partial charge on any atom is -0.364 e. The zero-order valence-electron chi connectivity index (χ0n) is 5.42. The number of nitrogens with two attached hydrogens (primary N) is 1. The zero-order valence-corrected chi connectivity index (χ0v) is 5.42. The number of hydrogen-bond donors (Lipinski definition) is 1. The van der Waals surface area contributed by atoms with Gasteiger partial charge in [0.15, 0.2) is 0 Å². The van der Waals surface area contributed by atoms with Crippen LogP contribution in [0.25, 0.3) is 0 Å². The quantitative estimate of drug-likeness (QED) is 0.634. The van der Waals surface area contributed by atoms with Crippen LogP contribution in [0.3, 0.4) is 0 Å². The summed E-state index contributed by atoms with van der Waals surface area (Å²) in [7, 11) is 0. The Bertz CT molecular complexity index is 164. The lowest BCUT2D eigenvalue weighted by Crippen LogP contribution is -1.97. The van der Waals surface area contributed by atoms with Crippen LogP contribution in [-0.4, -0.2) is 5.16 Å². The molecule has 3 heteroatoms. The topological polar surface area (TPSA) is 52.0 Å². The predicted molar refractivity (Wildman–Crippen MR) is 33.8 cm³/mol. The molecule has 0 spiro atoms. The highest BCUT2D eigenvalue weighted by molar-refractivity contribution is 5.13. The SMILES string of the molecule is CCc1nocc1CN. The molecule has 0 radical (unpaired) electrons. The molecular weight excluding hydrogens is 116 g/mol. The van der Waals surface area contributed by atoms with Gasteiger partial charge in [-0.05, 0) is 6.42 Å². The first kappa shape index (κ1) is 6.29. The van der Waals surface area contributed by atoms with Crippen molar-refractivity contribution in [1.82, 2.24) is 5.16 Å². The molecule has 0 bridgehead atoms. The van der Waals surface area contributed by atoms with Gasteiger partial charge in [-0.2, -0.15) is 0 Å². The smallest absolute Gasteiger partial charge is 0.128 e. The maximum absolute atomic E-state index is 5.37. The van der Waals surface area contributed by atoms with E-state index in [4.69, 9.17) is 10.3 Å². The number of hydrogen-bond acceptors (Lipinski definition) is 3. The van der Waals surface area contributed by atoms with Gasteiger partial charge in [0.05, 0.1) is 5.69 Å². The molecule has 1 rings (SSSR count). The maximum atomic E-state index is 5.37. The molecule has 0 unspecified atom stereocenters. The number of aromatic nitrogens is 1. The Morgan fingerprint density at radius 2 is 2.56 bits per heavy atom. The van der Waals surface area contributed by atoms with E-state index in [0.29, 0.717) is 6.54 Å². The van der Waals surface area contributed by atoms with E-state index in [-0.39, 0.29) is 0 Å². The Morgan fingerprint density at radius 3 is 3.00 bits per heavy atom. The molecule has 9 heavy (non-hydrogen) atoms. The van der Waals surface area contributed by atoms with Crippen molar-refractivity contribution in [2.45, 2.75) is 19.9 Å². The normalized spacial score (nSPS) is 10.0. The van der Waals surface area contributed by atoms with Crippen molar-refractivity contribution in [2.75, 3.05) is 0 Å². The van der Waals surface area contributed by atoms with Crippen molar-refractivity contribution in [3.8, 4) is 0 Å². The standard InChI is InChI=1S/C6H10N2O/c1-2-6-5(3-7)4-9-8-6/h4H,2-3,7H2,1H3. The summed E-state index contributed by atoms with van der Waals surface area (Å²) in [5, 5.41) is 3.75. The third-order valence-corrected chi connectivity index (χ3v) is 1.28. The molecule has 3 nitrogen and oxygen atoms in total. The van der Waals surface area contributed by atoms with Gasteiger partial charge >= 0.3 is 0 Å². The van der Waals surface area contributed by atoms with Crippen LogP contribution < -0.4 is 5.73 Å². The van der Waals surface area contributed by atoms with Gasteiger partial charge in [0.25, 0.3) is 0 Å². The van der Waals surface area contributed by atoms with Crippen LogP contribution in [-0.2, 0) is 13.0 Å². The van der Waals surface area contributed by atoms with E-state index in [1.165, 1.54) is 0 Å². The van der Waals surface area contributed by atoms with Gasteiger partial charge in [-0.15, -0.1) is 0 Å². The lowest BCUT2D eigenvalue weighted by molar-refractivity contribution is 0.412. The Kier molecular flexibility index (Phi) is 1.85. The molecule has 0 fully saturated rings. The maximum Gasteiger partial charge on any atom is 0.128 e. The van der Waals surface area contributed by atoms with Gasteiger partial charge in [0.2, 0.25) is 0 Å². The fraction of sp³-hybridized carbons (Fsp3) is 0.500. The summed E-state index contributed by atoms with van der Waals surface area (Å²) in [4.78, 5) is 0. The fourth-order valence-electron chi connectivity index (χ4n) is 0.738. The number of nitrogens with zero attached hydrogens (tertiary/aromatic N) is 1. The first-order valence-electron chi connectivity index (χ1n) is 3.00. The van der Waals surface area contributed by atoms with Crippen LogP contribution in [0.5, 0.6) is 0 Å². The molecule has 0 aromatic carbocycles. The van der Waals surface area contributed by atoms with Gasteiger partial charge in [0.1, 0.15) is 6.26 Å². The van der Waals surface area contributed by atoms with E-state index in [1.807, 2.05) is 6.92 Å². The molecule has 2 N–H and O–H groups in total. The molecular formula is C6H10N2O. The summed E-state index contributed by atoms with van der Waals surface area (Å²) in [5.74, 6) is 0. The van der Waals surface area contributed by atoms with Crippen LogP contribution in [0.1, 0.15) is 18.2 Å². The first-order chi connectivity index (χ1) is 4.38. The molecule has 0 aliphatic rings. The molecule has 0 amide bonds. The highest BCUT2D eigenvalue weighted by atomic mass is 16.5. The van der Waals surface area contributed by atoms with Crippen molar-refractivity contribution in [2.24, 2.45) is 5.73 Å². The molecule has 0 atom stereocenters. The van der Waals surface area contributed by atoms with Crippen LogP contribution in [0.2, 0.25) is 0 Å². The molecule has 0 aliphatic heterocycles. The minimum atomic E-state index is 0.521. The molecule has 0 saturated carbocycles. The van der Waals surface area contributed by atoms with Crippen molar-refractivity contribution in [3.63, 3.8) is 0 Å². The Morgan fingerprint density at radius 1 is 1.78 bits per heavy atom. The number of rotatable bonds is 2. The van der Waals surface area contributed by atoms with Crippen molar-refractivity contribution in [3.05, 3.63) is 17.5 Å². The van der Waals surface area contributed by atoms with E-state index in [9.17, 15) is 0 Å². The van der Waals surface area contributed by atoms with Gasteiger partial charge in [-0.3, -0.25) is 0 Å². The van der Waals surface area contributed by atoms with Crippen molar-refractivity contribution >= 4 is 0 Å². The lowest BCUT2D eigenvalue weighted by atomic mass is 10.2. The molecule has 1 aromatic rings. The second-order valence-corrected chi connectivity index (χ2v) is 1.84. The highest BCUT2D eigenvalue weighted by Crippen LogP contribution is 2.04. The molecule has 1 aromatic heterocycles. The van der Waals surface area contributed by atoms with Crippen LogP contribution in [0.4, 0.5) is 0 Å². The third-order valence-electron chi connectivity index (χ3n) is 1.28. The van der Waals surface area contributed by atoms with Gasteiger partial charge in [-0.1, -0.05) is 12.1 Å². The fourth-order valence-corrected chi connectivity index (χ4v) is 0.738. The molecule has 1 heterocycles.